The van der Waals surface area contributed by atoms with E-state index in [9.17, 15) is 9.90 Å². The van der Waals surface area contributed by atoms with E-state index in [1.807, 2.05) is 0 Å². The molecule has 2 atom stereocenters. The van der Waals surface area contributed by atoms with Gasteiger partial charge in [0, 0.05) is 5.56 Å². The lowest BCUT2D eigenvalue weighted by molar-refractivity contribution is 0.100. The highest BCUT2D eigenvalue weighted by molar-refractivity contribution is 5.94. The number of nitrogens with two attached hydrogens (primary N) is 2. The van der Waals surface area contributed by atoms with Gasteiger partial charge in [0.05, 0.1) is 23.5 Å². The molecule has 6 N–H and O–H groups in total. The predicted octanol–water partition coefficient (Wildman–Crippen LogP) is 1.47. The molecule has 0 radical (unpaired) electrons. The Balaban J connectivity index is 2.11. The molecule has 0 aliphatic heterocycles. The molecule has 104 valence electrons. The number of nitrogen functional groups attached to an aromatic ring is 1. The van der Waals surface area contributed by atoms with E-state index in [2.05, 4.69) is 5.32 Å². The summed E-state index contributed by atoms with van der Waals surface area (Å²) >= 11 is 0. The largest absolute Gasteiger partial charge is 0.397 e. The van der Waals surface area contributed by atoms with Gasteiger partial charge in [-0.05, 0) is 31.0 Å². The summed E-state index contributed by atoms with van der Waals surface area (Å²) in [6.07, 6.45) is 4.72. The van der Waals surface area contributed by atoms with Gasteiger partial charge in [0.15, 0.2) is 0 Å². The number of amides is 1. The molecule has 5 heteroatoms. The molecule has 19 heavy (non-hydrogen) atoms. The van der Waals surface area contributed by atoms with Crippen molar-refractivity contribution >= 4 is 17.3 Å². The van der Waals surface area contributed by atoms with Crippen LogP contribution in [0.4, 0.5) is 11.4 Å². The number of hydrogen-bond acceptors (Lipinski definition) is 4. The highest BCUT2D eigenvalue weighted by atomic mass is 16.3. The summed E-state index contributed by atoms with van der Waals surface area (Å²) in [5.74, 6) is -0.493. The molecule has 1 aromatic carbocycles. The first-order chi connectivity index (χ1) is 9.08. The number of carbonyl (C=O) groups is 1. The van der Waals surface area contributed by atoms with Crippen LogP contribution in [0.2, 0.25) is 0 Å². The van der Waals surface area contributed by atoms with Crippen LogP contribution in [-0.4, -0.2) is 23.2 Å². The van der Waals surface area contributed by atoms with Gasteiger partial charge in [-0.1, -0.05) is 19.3 Å². The summed E-state index contributed by atoms with van der Waals surface area (Å²) in [5.41, 5.74) is 12.7. The second kappa shape index (κ2) is 5.93. The Labute approximate surface area is 113 Å². The van der Waals surface area contributed by atoms with Crippen LogP contribution in [0, 0.1) is 0 Å². The van der Waals surface area contributed by atoms with Crippen molar-refractivity contribution in [2.24, 2.45) is 5.73 Å². The number of primary amides is 1. The lowest BCUT2D eigenvalue weighted by Crippen LogP contribution is -2.32. The Morgan fingerprint density at radius 1 is 1.26 bits per heavy atom. The molecule has 1 amide bonds. The molecule has 2 unspecified atom stereocenters. The van der Waals surface area contributed by atoms with Gasteiger partial charge in [-0.25, -0.2) is 0 Å². The quantitative estimate of drug-likeness (QED) is 0.490. The summed E-state index contributed by atoms with van der Waals surface area (Å²) in [4.78, 5) is 11.1. The van der Waals surface area contributed by atoms with Gasteiger partial charge in [-0.2, -0.15) is 0 Å². The van der Waals surface area contributed by atoms with Crippen molar-refractivity contribution in [3.63, 3.8) is 0 Å². The maximum absolute atomic E-state index is 11.1. The molecule has 0 heterocycles. The normalized spacial score (nSPS) is 23.6. The molecule has 0 spiro atoms. The van der Waals surface area contributed by atoms with E-state index in [4.69, 9.17) is 11.5 Å². The fourth-order valence-corrected chi connectivity index (χ4v) is 2.50. The van der Waals surface area contributed by atoms with Crippen molar-refractivity contribution in [1.29, 1.82) is 0 Å². The van der Waals surface area contributed by atoms with Crippen LogP contribution < -0.4 is 16.8 Å². The number of anilines is 2. The smallest absolute Gasteiger partial charge is 0.248 e. The molecule has 1 saturated carbocycles. The van der Waals surface area contributed by atoms with Crippen LogP contribution in [0.25, 0.3) is 0 Å². The summed E-state index contributed by atoms with van der Waals surface area (Å²) in [6, 6.07) is 4.97. The second-order valence-corrected chi connectivity index (χ2v) is 5.12. The molecule has 1 fully saturated rings. The number of hydrogen-bond donors (Lipinski definition) is 4. The van der Waals surface area contributed by atoms with Crippen LogP contribution >= 0.6 is 0 Å². The average Bonchev–Trinajstić information content (AvgIpc) is 2.57. The topological polar surface area (TPSA) is 101 Å². The van der Waals surface area contributed by atoms with Gasteiger partial charge >= 0.3 is 0 Å². The van der Waals surface area contributed by atoms with E-state index in [-0.39, 0.29) is 12.1 Å². The minimum atomic E-state index is -0.493. The van der Waals surface area contributed by atoms with E-state index in [1.54, 1.807) is 18.2 Å². The summed E-state index contributed by atoms with van der Waals surface area (Å²) in [5, 5.41) is 13.3. The van der Waals surface area contributed by atoms with Gasteiger partial charge in [0.1, 0.15) is 0 Å². The Morgan fingerprint density at radius 3 is 2.68 bits per heavy atom. The first kappa shape index (κ1) is 13.7. The van der Waals surface area contributed by atoms with Crippen LogP contribution in [-0.2, 0) is 0 Å². The van der Waals surface area contributed by atoms with Crippen molar-refractivity contribution < 1.29 is 9.90 Å². The van der Waals surface area contributed by atoms with E-state index < -0.39 is 5.91 Å². The van der Waals surface area contributed by atoms with E-state index in [0.29, 0.717) is 11.3 Å². The molecule has 0 bridgehead atoms. The number of aliphatic hydroxyl groups is 1. The maximum atomic E-state index is 11.1. The molecule has 1 aromatic rings. The first-order valence-corrected chi connectivity index (χ1v) is 6.72. The first-order valence-electron chi connectivity index (χ1n) is 6.72. The van der Waals surface area contributed by atoms with Crippen LogP contribution in [0.15, 0.2) is 18.2 Å². The fourth-order valence-electron chi connectivity index (χ4n) is 2.50. The standard InChI is InChI=1S/C14H21N3O2/c15-10-8-9(14(16)19)6-7-11(10)17-12-4-2-1-3-5-13(12)18/h6-8,12-13,17-18H,1-5,15H2,(H2,16,19). The Kier molecular flexibility index (Phi) is 4.27. The average molecular weight is 263 g/mol. The lowest BCUT2D eigenvalue weighted by Gasteiger charge is -2.23. The fraction of sp³-hybridized carbons (Fsp3) is 0.500. The Hall–Kier alpha value is -1.75. The SMILES string of the molecule is NC(=O)c1ccc(NC2CCCCCC2O)c(N)c1. The van der Waals surface area contributed by atoms with Crippen molar-refractivity contribution in [3.05, 3.63) is 23.8 Å². The summed E-state index contributed by atoms with van der Waals surface area (Å²) in [7, 11) is 0. The van der Waals surface area contributed by atoms with Crippen molar-refractivity contribution in [2.45, 2.75) is 44.2 Å². The van der Waals surface area contributed by atoms with Gasteiger partial charge in [-0.3, -0.25) is 4.79 Å². The van der Waals surface area contributed by atoms with E-state index in [0.717, 1.165) is 37.8 Å². The predicted molar refractivity (Wildman–Crippen MR) is 75.9 cm³/mol. The van der Waals surface area contributed by atoms with Gasteiger partial charge < -0.3 is 21.9 Å². The van der Waals surface area contributed by atoms with Crippen molar-refractivity contribution in [2.75, 3.05) is 11.1 Å². The number of aliphatic hydroxyl groups excluding tert-OH is 1. The third kappa shape index (κ3) is 3.38. The monoisotopic (exact) mass is 263 g/mol. The lowest BCUT2D eigenvalue weighted by atomic mass is 10.0. The molecular formula is C14H21N3O2. The maximum Gasteiger partial charge on any atom is 0.248 e. The minimum absolute atomic E-state index is 0.0178. The zero-order valence-corrected chi connectivity index (χ0v) is 10.9. The second-order valence-electron chi connectivity index (χ2n) is 5.12. The zero-order chi connectivity index (χ0) is 13.8. The van der Waals surface area contributed by atoms with E-state index >= 15 is 0 Å². The molecular weight excluding hydrogens is 242 g/mol. The third-order valence-electron chi connectivity index (χ3n) is 3.66. The van der Waals surface area contributed by atoms with Crippen LogP contribution in [0.1, 0.15) is 42.5 Å². The summed E-state index contributed by atoms with van der Waals surface area (Å²) < 4.78 is 0. The third-order valence-corrected chi connectivity index (χ3v) is 3.66. The van der Waals surface area contributed by atoms with E-state index in [1.165, 1.54) is 0 Å². The van der Waals surface area contributed by atoms with Crippen LogP contribution in [0.3, 0.4) is 0 Å². The van der Waals surface area contributed by atoms with Crippen LogP contribution in [0.5, 0.6) is 0 Å². The number of nitrogens with one attached hydrogen (secondary N) is 1. The molecule has 1 aliphatic carbocycles. The highest BCUT2D eigenvalue weighted by Gasteiger charge is 2.22. The number of carbonyl (C=O) groups excluding carboxylic acids is 1. The summed E-state index contributed by atoms with van der Waals surface area (Å²) in [6.45, 7) is 0. The Bertz CT molecular complexity index is 462. The molecule has 0 aromatic heterocycles. The minimum Gasteiger partial charge on any atom is -0.397 e. The molecule has 1 aliphatic rings. The Morgan fingerprint density at radius 2 is 2.00 bits per heavy atom. The van der Waals surface area contributed by atoms with Gasteiger partial charge in [0.2, 0.25) is 5.91 Å². The van der Waals surface area contributed by atoms with Gasteiger partial charge in [-0.15, -0.1) is 0 Å². The highest BCUT2D eigenvalue weighted by Crippen LogP contribution is 2.25. The van der Waals surface area contributed by atoms with Crippen molar-refractivity contribution in [3.8, 4) is 0 Å². The van der Waals surface area contributed by atoms with Gasteiger partial charge in [0.25, 0.3) is 0 Å². The molecule has 5 nitrogen and oxygen atoms in total. The zero-order valence-electron chi connectivity index (χ0n) is 10.9. The number of benzene rings is 1. The van der Waals surface area contributed by atoms with Crippen molar-refractivity contribution in [1.82, 2.24) is 0 Å². The molecule has 0 saturated heterocycles. The molecule has 2 rings (SSSR count). The number of rotatable bonds is 3.